The fraction of sp³-hybridized carbons (Fsp3) is 0.103. The molecule has 0 spiro atoms. The maximum absolute atomic E-state index is 13.3. The Morgan fingerprint density at radius 2 is 1.35 bits per heavy atom. The molecule has 0 saturated carbocycles. The maximum atomic E-state index is 13.3. The molecule has 1 amide bonds. The lowest BCUT2D eigenvalue weighted by Gasteiger charge is -2.50. The summed E-state index contributed by atoms with van der Waals surface area (Å²) in [4.78, 5) is 12.8. The minimum absolute atomic E-state index is 0.0262. The van der Waals surface area contributed by atoms with Crippen molar-refractivity contribution in [3.63, 3.8) is 0 Å². The Labute approximate surface area is 196 Å². The number of rotatable bonds is 5. The molecule has 0 radical (unpaired) electrons. The van der Waals surface area contributed by atoms with Gasteiger partial charge >= 0.3 is 0 Å². The predicted molar refractivity (Wildman–Crippen MR) is 131 cm³/mol. The summed E-state index contributed by atoms with van der Waals surface area (Å²) in [5.41, 5.74) is 15.0. The average molecular weight is 448 g/mol. The maximum Gasteiger partial charge on any atom is 0.251 e. The second-order valence-corrected chi connectivity index (χ2v) is 8.94. The third-order valence-corrected chi connectivity index (χ3v) is 7.00. The van der Waals surface area contributed by atoms with E-state index in [4.69, 9.17) is 11.1 Å². The lowest BCUT2D eigenvalue weighted by atomic mass is 9.52. The Morgan fingerprint density at radius 1 is 0.765 bits per heavy atom. The molecule has 4 aromatic rings. The smallest absolute Gasteiger partial charge is 0.251 e. The average Bonchev–Trinajstić information content (AvgIpc) is 2.83. The lowest BCUT2D eigenvalue weighted by molar-refractivity contribution is 0.0950. The van der Waals surface area contributed by atoms with E-state index in [1.165, 1.54) is 34.4 Å². The van der Waals surface area contributed by atoms with Gasteiger partial charge in [0.15, 0.2) is 0 Å². The molecule has 0 bridgehead atoms. The van der Waals surface area contributed by atoms with Gasteiger partial charge in [-0.25, -0.2) is 4.39 Å². The second kappa shape index (κ2) is 7.66. The number of hydrogen-bond donors (Lipinski definition) is 3. The zero-order chi connectivity index (χ0) is 23.4. The number of carbonyl (C=O) groups excluding carboxylic acids is 1. The number of nitrogen functional groups attached to an aromatic ring is 1. The normalized spacial score (nSPS) is 16.9. The van der Waals surface area contributed by atoms with Crippen LogP contribution in [0.25, 0.3) is 11.1 Å². The minimum atomic E-state index is -0.237. The predicted octanol–water partition coefficient (Wildman–Crippen LogP) is 5.30. The largest absolute Gasteiger partial charge is 0.384 e. The second-order valence-electron chi connectivity index (χ2n) is 8.94. The van der Waals surface area contributed by atoms with Crippen molar-refractivity contribution in [2.75, 3.05) is 0 Å². The number of nitrogens with one attached hydrogen (secondary N) is 2. The van der Waals surface area contributed by atoms with Crippen molar-refractivity contribution in [2.45, 2.75) is 18.4 Å². The molecule has 0 saturated heterocycles. The molecule has 4 nitrogen and oxygen atoms in total. The number of nitrogens with two attached hydrogens (primary N) is 1. The molecular formula is C29H22FN3O. The molecule has 34 heavy (non-hydrogen) atoms. The van der Waals surface area contributed by atoms with Crippen LogP contribution in [-0.2, 0) is 6.54 Å². The van der Waals surface area contributed by atoms with E-state index >= 15 is 0 Å². The number of benzene rings is 4. The van der Waals surface area contributed by atoms with Crippen LogP contribution in [0.4, 0.5) is 4.39 Å². The van der Waals surface area contributed by atoms with Gasteiger partial charge in [0.1, 0.15) is 11.7 Å². The third kappa shape index (κ3) is 3.20. The number of hydrogen-bond acceptors (Lipinski definition) is 2. The van der Waals surface area contributed by atoms with Gasteiger partial charge in [0, 0.05) is 29.5 Å². The zero-order valence-corrected chi connectivity index (χ0v) is 18.3. The molecule has 5 heteroatoms. The van der Waals surface area contributed by atoms with Crippen molar-refractivity contribution >= 4 is 11.7 Å². The molecule has 166 valence electrons. The van der Waals surface area contributed by atoms with Crippen LogP contribution in [0.2, 0.25) is 0 Å². The van der Waals surface area contributed by atoms with E-state index < -0.39 is 0 Å². The van der Waals surface area contributed by atoms with Gasteiger partial charge in [-0.3, -0.25) is 10.2 Å². The minimum Gasteiger partial charge on any atom is -0.384 e. The van der Waals surface area contributed by atoms with E-state index in [1.807, 2.05) is 24.3 Å². The molecule has 0 heterocycles. The quantitative estimate of drug-likeness (QED) is 0.287. The first kappa shape index (κ1) is 20.4. The van der Waals surface area contributed by atoms with Crippen LogP contribution in [0.15, 0.2) is 84.9 Å². The van der Waals surface area contributed by atoms with E-state index in [-0.39, 0.29) is 17.6 Å². The van der Waals surface area contributed by atoms with Gasteiger partial charge in [-0.05, 0) is 63.2 Å². The Bertz CT molecular complexity index is 1460. The molecule has 2 atom stereocenters. The molecule has 4 N–H and O–H groups in total. The molecule has 1 unspecified atom stereocenters. The van der Waals surface area contributed by atoms with Gasteiger partial charge in [0.25, 0.3) is 5.91 Å². The van der Waals surface area contributed by atoms with Crippen LogP contribution < -0.4 is 11.1 Å². The standard InChI is InChI=1S/C29H22FN3O/c30-21-9-5-17(6-10-21)19-7-11-22-24(13-19)27-25-14-20(8-12-23(25)26(22)27)29(34)33-15-16-1-3-18(4-2-16)28(31)32/h1-14,26-27H,15H2,(H3,31,32)(H,33,34)/t26-,27?/m0/s1. The van der Waals surface area contributed by atoms with E-state index in [9.17, 15) is 9.18 Å². The SMILES string of the molecule is N=C(N)c1ccc(CNC(=O)c2ccc3c(c2)C2c4cc(-c5ccc(F)cc5)ccc4[C@@H]32)cc1. The van der Waals surface area contributed by atoms with Crippen LogP contribution >= 0.6 is 0 Å². The fourth-order valence-corrected chi connectivity index (χ4v) is 5.17. The van der Waals surface area contributed by atoms with Crippen LogP contribution in [-0.4, -0.2) is 11.7 Å². The molecule has 0 aliphatic heterocycles. The first-order valence-electron chi connectivity index (χ1n) is 11.2. The van der Waals surface area contributed by atoms with Crippen molar-refractivity contribution < 1.29 is 9.18 Å². The number of halogens is 1. The lowest BCUT2D eigenvalue weighted by Crippen LogP contribution is -2.36. The summed E-state index contributed by atoms with van der Waals surface area (Å²) in [6.45, 7) is 0.407. The summed E-state index contributed by atoms with van der Waals surface area (Å²) in [5, 5.41) is 10.4. The Morgan fingerprint density at radius 3 is 2.06 bits per heavy atom. The van der Waals surface area contributed by atoms with Gasteiger partial charge in [0.2, 0.25) is 0 Å². The van der Waals surface area contributed by atoms with Gasteiger partial charge in [-0.1, -0.05) is 60.7 Å². The number of amidine groups is 1. The topological polar surface area (TPSA) is 79.0 Å². The van der Waals surface area contributed by atoms with Crippen molar-refractivity contribution in [1.29, 1.82) is 5.41 Å². The van der Waals surface area contributed by atoms with Gasteiger partial charge in [-0.2, -0.15) is 0 Å². The van der Waals surface area contributed by atoms with Gasteiger partial charge in [0.05, 0.1) is 0 Å². The molecule has 2 aliphatic rings. The summed E-state index contributed by atoms with van der Waals surface area (Å²) in [5.74, 6) is 0.404. The summed E-state index contributed by atoms with van der Waals surface area (Å²) in [6, 6.07) is 26.3. The van der Waals surface area contributed by atoms with Crippen molar-refractivity contribution in [1.82, 2.24) is 5.32 Å². The number of amides is 1. The molecule has 2 aliphatic carbocycles. The fourth-order valence-electron chi connectivity index (χ4n) is 5.17. The molecule has 4 aromatic carbocycles. The van der Waals surface area contributed by atoms with E-state index in [0.29, 0.717) is 29.5 Å². The monoisotopic (exact) mass is 447 g/mol. The third-order valence-electron chi connectivity index (χ3n) is 7.00. The van der Waals surface area contributed by atoms with E-state index in [0.717, 1.165) is 16.7 Å². The van der Waals surface area contributed by atoms with Crippen LogP contribution in [0, 0.1) is 11.2 Å². The number of carbonyl (C=O) groups is 1. The highest BCUT2D eigenvalue weighted by atomic mass is 19.1. The summed E-state index contributed by atoms with van der Waals surface area (Å²) in [6.07, 6.45) is 0. The Hall–Kier alpha value is -4.25. The number of fused-ring (bicyclic) bond motifs is 7. The van der Waals surface area contributed by atoms with Crippen molar-refractivity contribution in [3.05, 3.63) is 130 Å². The van der Waals surface area contributed by atoms with E-state index in [2.05, 4.69) is 29.6 Å². The Kier molecular flexibility index (Phi) is 4.59. The Balaban J connectivity index is 1.19. The van der Waals surface area contributed by atoms with Crippen LogP contribution in [0.3, 0.4) is 0 Å². The van der Waals surface area contributed by atoms with E-state index in [1.54, 1.807) is 24.3 Å². The summed E-state index contributed by atoms with van der Waals surface area (Å²) in [7, 11) is 0. The highest BCUT2D eigenvalue weighted by Crippen LogP contribution is 2.63. The molecule has 0 aromatic heterocycles. The van der Waals surface area contributed by atoms with Crippen LogP contribution in [0.5, 0.6) is 0 Å². The first-order valence-corrected chi connectivity index (χ1v) is 11.2. The van der Waals surface area contributed by atoms with Gasteiger partial charge < -0.3 is 11.1 Å². The molecular weight excluding hydrogens is 425 g/mol. The molecule has 6 rings (SSSR count). The first-order chi connectivity index (χ1) is 16.5. The highest BCUT2D eigenvalue weighted by molar-refractivity contribution is 5.95. The van der Waals surface area contributed by atoms with Crippen molar-refractivity contribution in [2.24, 2.45) is 5.73 Å². The highest BCUT2D eigenvalue weighted by Gasteiger charge is 2.49. The van der Waals surface area contributed by atoms with Crippen molar-refractivity contribution in [3.8, 4) is 11.1 Å². The summed E-state index contributed by atoms with van der Waals surface area (Å²) >= 11 is 0. The van der Waals surface area contributed by atoms with Crippen LogP contribution in [0.1, 0.15) is 55.6 Å². The summed E-state index contributed by atoms with van der Waals surface area (Å²) < 4.78 is 13.3. The zero-order valence-electron chi connectivity index (χ0n) is 18.3. The van der Waals surface area contributed by atoms with Gasteiger partial charge in [-0.15, -0.1) is 0 Å². The molecule has 0 fully saturated rings.